The Balaban J connectivity index is 0.000000537. The van der Waals surface area contributed by atoms with Gasteiger partial charge in [-0.3, -0.25) is 0 Å². The van der Waals surface area contributed by atoms with Crippen molar-refractivity contribution in [1.82, 2.24) is 0 Å². The van der Waals surface area contributed by atoms with Gasteiger partial charge >= 0.3 is 9.39 Å². The largest absolute Gasteiger partial charge is 0.564 e. The van der Waals surface area contributed by atoms with Crippen molar-refractivity contribution in [2.75, 3.05) is 0 Å². The summed E-state index contributed by atoms with van der Waals surface area (Å²) in [6.07, 6.45) is 4.96. The summed E-state index contributed by atoms with van der Waals surface area (Å²) in [6, 6.07) is 9.04. The van der Waals surface area contributed by atoms with Crippen molar-refractivity contribution in [3.63, 3.8) is 0 Å². The summed E-state index contributed by atoms with van der Waals surface area (Å²) in [5.74, 6) is 0. The summed E-state index contributed by atoms with van der Waals surface area (Å²) < 4.78 is 0. The van der Waals surface area contributed by atoms with Crippen LogP contribution in [0.4, 0.5) is 0 Å². The second-order valence-corrected chi connectivity index (χ2v) is 34.4. The minimum Gasteiger partial charge on any atom is -0.391 e. The number of allylic oxidation sites excluding steroid dienone is 2. The fourth-order valence-electron chi connectivity index (χ4n) is 5.64. The maximum atomic E-state index is 4.99. The van der Waals surface area contributed by atoms with E-state index in [0.29, 0.717) is 16.0 Å². The van der Waals surface area contributed by atoms with Gasteiger partial charge in [-0.1, -0.05) is 50.0 Å². The number of rotatable bonds is 1. The lowest BCUT2D eigenvalue weighted by Crippen LogP contribution is -2.52. The highest BCUT2D eigenvalue weighted by atomic mass is 35.9. The van der Waals surface area contributed by atoms with Gasteiger partial charge in [-0.15, -0.1) is 0 Å². The van der Waals surface area contributed by atoms with Crippen LogP contribution in [0.15, 0.2) is 35.3 Å². The van der Waals surface area contributed by atoms with Crippen molar-refractivity contribution in [1.29, 1.82) is 0 Å². The van der Waals surface area contributed by atoms with E-state index in [1.54, 1.807) is 5.57 Å². The van der Waals surface area contributed by atoms with E-state index in [1.807, 2.05) is 4.94 Å². The Labute approximate surface area is 198 Å². The van der Waals surface area contributed by atoms with Crippen LogP contribution in [0.25, 0.3) is 11.6 Å². The average molecular weight is 526 g/mol. The molecule has 0 saturated heterocycles. The molecule has 7 heteroatoms. The fraction of sp³-hybridized carbons (Fsp3) is 0.545. The molecule has 0 amide bonds. The van der Waals surface area contributed by atoms with Crippen LogP contribution in [0, 0.1) is 0 Å². The number of hydrogen-bond donors (Lipinski definition) is 0. The standard InChI is InChI=1S/C22H34PSi.Al.4ClH/c1-21(2,3)23(22(4,5)6)18-15-14-16-12-10-11-13-17(16)19(18)20(23)24(7,8)9;;;;;/h10-15,18H,1-9H3;;4*1H/q+1;+3;;;;/p-4. The molecule has 1 aliphatic carbocycles. The molecule has 0 nitrogen and oxygen atoms in total. The quantitative estimate of drug-likeness (QED) is 0.253. The Morgan fingerprint density at radius 1 is 0.862 bits per heavy atom. The van der Waals surface area contributed by atoms with Crippen molar-refractivity contribution < 1.29 is 0 Å². The summed E-state index contributed by atoms with van der Waals surface area (Å²) in [4.78, 5) is 1.93. The van der Waals surface area contributed by atoms with Crippen LogP contribution in [0.3, 0.4) is 0 Å². The lowest BCUT2D eigenvalue weighted by atomic mass is 9.92. The molecule has 1 unspecified atom stereocenters. The molecular formula is C22H34AlCl4PSi. The topological polar surface area (TPSA) is 0 Å². The fourth-order valence-corrected chi connectivity index (χ4v) is 20.3. The van der Waals surface area contributed by atoms with E-state index in [2.05, 4.69) is 97.6 Å². The number of halogens is 4. The molecule has 3 rings (SSSR count). The highest BCUT2D eigenvalue weighted by Crippen LogP contribution is 2.93. The van der Waals surface area contributed by atoms with Crippen LogP contribution in [0.1, 0.15) is 52.7 Å². The first-order valence-corrected chi connectivity index (χ1v) is 22.5. The van der Waals surface area contributed by atoms with Crippen LogP contribution in [-0.4, -0.2) is 33.4 Å². The lowest BCUT2D eigenvalue weighted by molar-refractivity contribution is 0.681. The first-order valence-electron chi connectivity index (χ1n) is 10.1. The average Bonchev–Trinajstić information content (AvgIpc) is 2.41. The van der Waals surface area contributed by atoms with Gasteiger partial charge in [0.2, 0.25) is 0 Å². The van der Waals surface area contributed by atoms with Gasteiger partial charge in [0, 0.05) is 5.57 Å². The van der Waals surface area contributed by atoms with E-state index in [1.165, 1.54) is 11.1 Å². The van der Waals surface area contributed by atoms with Crippen molar-refractivity contribution in [2.45, 2.75) is 77.2 Å². The molecule has 162 valence electrons. The SMILES string of the molecule is CC(C)(C)[P+]1(C(C)(C)C)C([Si](C)(C)C)=C2c3ccccc3C=CC21.[Cl][Al-]([Cl])([Cl])[Cl]. The van der Waals surface area contributed by atoms with Crippen LogP contribution in [0.5, 0.6) is 0 Å². The molecule has 1 atom stereocenters. The molecule has 0 bridgehead atoms. The van der Waals surface area contributed by atoms with E-state index in [4.69, 9.17) is 40.2 Å². The van der Waals surface area contributed by atoms with Gasteiger partial charge in [0.15, 0.2) is 0 Å². The summed E-state index contributed by atoms with van der Waals surface area (Å²) in [5.41, 5.74) is 5.31. The van der Waals surface area contributed by atoms with Crippen molar-refractivity contribution in [3.8, 4) is 0 Å². The van der Waals surface area contributed by atoms with Gasteiger partial charge in [0.25, 0.3) is 0 Å². The first kappa shape index (κ1) is 26.3. The molecule has 2 aliphatic rings. The van der Waals surface area contributed by atoms with Gasteiger partial charge in [-0.05, 0) is 58.7 Å². The Kier molecular flexibility index (Phi) is 7.64. The molecule has 29 heavy (non-hydrogen) atoms. The molecule has 0 fully saturated rings. The van der Waals surface area contributed by atoms with Gasteiger partial charge in [-0.2, -0.15) is 0 Å². The maximum absolute atomic E-state index is 4.99. The monoisotopic (exact) mass is 524 g/mol. The summed E-state index contributed by atoms with van der Waals surface area (Å²) in [7, 11) is 14.3. The third kappa shape index (κ3) is 5.02. The molecule has 0 saturated carbocycles. The zero-order valence-corrected chi connectivity index (χ0v) is 25.2. The zero-order chi connectivity index (χ0) is 22.6. The van der Waals surface area contributed by atoms with Gasteiger partial charge in [-0.25, -0.2) is 0 Å². The second kappa shape index (κ2) is 8.43. The van der Waals surface area contributed by atoms with E-state index >= 15 is 0 Å². The van der Waals surface area contributed by atoms with Crippen LogP contribution >= 0.6 is 47.5 Å². The minimum absolute atomic E-state index is 0.353. The van der Waals surface area contributed by atoms with Crippen molar-refractivity contribution in [3.05, 3.63) is 46.4 Å². The lowest BCUT2D eigenvalue weighted by Gasteiger charge is -2.61. The summed E-state index contributed by atoms with van der Waals surface area (Å²) in [6.45, 7) is 22.8. The third-order valence-electron chi connectivity index (χ3n) is 5.86. The molecule has 1 aromatic carbocycles. The van der Waals surface area contributed by atoms with E-state index in [9.17, 15) is 0 Å². The smallest absolute Gasteiger partial charge is 0.391 e. The van der Waals surface area contributed by atoms with Gasteiger partial charge in [0.1, 0.15) is 13.7 Å². The minimum atomic E-state index is -2.94. The Bertz CT molecular complexity index is 816. The van der Waals surface area contributed by atoms with E-state index in [0.717, 1.165) is 0 Å². The molecule has 1 aromatic rings. The normalized spacial score (nSPS) is 20.9. The van der Waals surface area contributed by atoms with E-state index in [-0.39, 0.29) is 0 Å². The Morgan fingerprint density at radius 2 is 1.31 bits per heavy atom. The van der Waals surface area contributed by atoms with Gasteiger partial charge in [0.05, 0.1) is 22.5 Å². The van der Waals surface area contributed by atoms with Crippen LogP contribution < -0.4 is 0 Å². The summed E-state index contributed by atoms with van der Waals surface area (Å²) >= 11 is 0. The summed E-state index contributed by atoms with van der Waals surface area (Å²) in [5, 5.41) is 0.706. The Hall–Kier alpha value is 1.04. The predicted octanol–water partition coefficient (Wildman–Crippen LogP) is 9.68. The highest BCUT2D eigenvalue weighted by Gasteiger charge is 2.74. The molecule has 0 N–H and O–H groups in total. The number of fused-ring (bicyclic) bond motifs is 3. The zero-order valence-electron chi connectivity index (χ0n) is 19.1. The van der Waals surface area contributed by atoms with Crippen LogP contribution in [0.2, 0.25) is 19.6 Å². The molecule has 0 aromatic heterocycles. The first-order chi connectivity index (χ1) is 12.8. The highest BCUT2D eigenvalue weighted by molar-refractivity contribution is 7.88. The Morgan fingerprint density at radius 3 is 1.72 bits per heavy atom. The molecular weight excluding hydrogens is 492 g/mol. The van der Waals surface area contributed by atoms with E-state index < -0.39 is 24.7 Å². The second-order valence-electron chi connectivity index (χ2n) is 11.0. The molecule has 0 spiro atoms. The molecule has 0 radical (unpaired) electrons. The van der Waals surface area contributed by atoms with Gasteiger partial charge < -0.3 is 40.2 Å². The van der Waals surface area contributed by atoms with Crippen molar-refractivity contribution in [2.24, 2.45) is 0 Å². The predicted molar refractivity (Wildman–Crippen MR) is 145 cm³/mol. The maximum Gasteiger partial charge on any atom is 0.564 e. The third-order valence-corrected chi connectivity index (χ3v) is 17.1. The number of benzene rings is 1. The van der Waals surface area contributed by atoms with Crippen LogP contribution in [-0.2, 0) is 0 Å². The molecule has 1 aliphatic heterocycles. The van der Waals surface area contributed by atoms with Crippen molar-refractivity contribution >= 4 is 76.6 Å². The number of hydrogen-bond acceptors (Lipinski definition) is 0. The molecule has 1 heterocycles.